The van der Waals surface area contributed by atoms with Crippen molar-refractivity contribution in [2.45, 2.75) is 19.4 Å². The molecular formula is C12H17N3O2. The van der Waals surface area contributed by atoms with E-state index in [2.05, 4.69) is 10.6 Å². The van der Waals surface area contributed by atoms with Crippen molar-refractivity contribution < 1.29 is 9.59 Å². The molecule has 4 N–H and O–H groups in total. The molecule has 2 amide bonds. The minimum Gasteiger partial charge on any atom is -0.355 e. The van der Waals surface area contributed by atoms with Crippen molar-refractivity contribution in [3.8, 4) is 0 Å². The Morgan fingerprint density at radius 2 is 2.00 bits per heavy atom. The van der Waals surface area contributed by atoms with Gasteiger partial charge in [0.2, 0.25) is 5.91 Å². The van der Waals surface area contributed by atoms with E-state index in [4.69, 9.17) is 5.73 Å². The predicted octanol–water partition coefficient (Wildman–Crippen LogP) is 0.722. The van der Waals surface area contributed by atoms with Gasteiger partial charge < -0.3 is 16.4 Å². The van der Waals surface area contributed by atoms with Crippen LogP contribution in [-0.4, -0.2) is 24.9 Å². The average molecular weight is 235 g/mol. The smallest absolute Gasteiger partial charge is 0.253 e. The number of benzene rings is 1. The fourth-order valence-corrected chi connectivity index (χ4v) is 1.34. The van der Waals surface area contributed by atoms with Gasteiger partial charge in [-0.15, -0.1) is 0 Å². The third-order valence-electron chi connectivity index (χ3n) is 2.43. The van der Waals surface area contributed by atoms with Gasteiger partial charge in [0.1, 0.15) is 0 Å². The fraction of sp³-hybridized carbons (Fsp3) is 0.333. The summed E-state index contributed by atoms with van der Waals surface area (Å²) in [5, 5.41) is 5.17. The van der Waals surface area contributed by atoms with Crippen molar-refractivity contribution in [3.05, 3.63) is 29.8 Å². The second-order valence-corrected chi connectivity index (χ2v) is 3.63. The van der Waals surface area contributed by atoms with Gasteiger partial charge in [0.05, 0.1) is 17.3 Å². The third-order valence-corrected chi connectivity index (χ3v) is 2.43. The summed E-state index contributed by atoms with van der Waals surface area (Å²) in [6.07, 6.45) is 0.550. The topological polar surface area (TPSA) is 84.2 Å². The maximum atomic E-state index is 11.6. The van der Waals surface area contributed by atoms with Crippen LogP contribution in [0.1, 0.15) is 23.7 Å². The zero-order valence-corrected chi connectivity index (χ0v) is 9.99. The van der Waals surface area contributed by atoms with E-state index in [1.165, 1.54) is 0 Å². The van der Waals surface area contributed by atoms with Crippen LogP contribution in [-0.2, 0) is 4.79 Å². The minimum absolute atomic E-state index is 0.244. The maximum Gasteiger partial charge on any atom is 0.253 e. The summed E-state index contributed by atoms with van der Waals surface area (Å²) in [6, 6.07) is 6.24. The first-order valence-electron chi connectivity index (χ1n) is 5.47. The van der Waals surface area contributed by atoms with Crippen LogP contribution in [0.4, 0.5) is 5.69 Å². The summed E-state index contributed by atoms with van der Waals surface area (Å²) in [4.78, 5) is 23.2. The van der Waals surface area contributed by atoms with Gasteiger partial charge in [-0.2, -0.15) is 0 Å². The number of carbonyl (C=O) groups is 2. The standard InChI is InChI=1S/C12H17N3O2/c1-3-9(13)12(17)15-10-7-5-4-6-8(10)11(16)14-2/h4-7,9H,3,13H2,1-2H3,(H,14,16)(H,15,17)/t9-/m1/s1. The number of hydrogen-bond acceptors (Lipinski definition) is 3. The molecule has 1 aromatic carbocycles. The lowest BCUT2D eigenvalue weighted by molar-refractivity contribution is -0.117. The van der Waals surface area contributed by atoms with E-state index >= 15 is 0 Å². The molecule has 0 aliphatic rings. The molecule has 0 saturated heterocycles. The van der Waals surface area contributed by atoms with E-state index < -0.39 is 6.04 Å². The minimum atomic E-state index is -0.562. The van der Waals surface area contributed by atoms with Crippen molar-refractivity contribution in [3.63, 3.8) is 0 Å². The maximum absolute atomic E-state index is 11.6. The number of carbonyl (C=O) groups excluding carboxylic acids is 2. The number of anilines is 1. The van der Waals surface area contributed by atoms with Crippen molar-refractivity contribution in [1.82, 2.24) is 5.32 Å². The summed E-state index contributed by atoms with van der Waals surface area (Å²) in [5.41, 5.74) is 6.51. The third kappa shape index (κ3) is 3.29. The Labute approximate surface area is 100 Å². The van der Waals surface area contributed by atoms with Crippen LogP contribution >= 0.6 is 0 Å². The van der Waals surface area contributed by atoms with E-state index in [-0.39, 0.29) is 11.8 Å². The molecule has 5 nitrogen and oxygen atoms in total. The molecule has 0 aliphatic heterocycles. The molecule has 0 radical (unpaired) electrons. The van der Waals surface area contributed by atoms with Crippen LogP contribution in [0.2, 0.25) is 0 Å². The Kier molecular flexibility index (Phi) is 4.66. The quantitative estimate of drug-likeness (QED) is 0.719. The Morgan fingerprint density at radius 1 is 1.35 bits per heavy atom. The first kappa shape index (κ1) is 13.2. The highest BCUT2D eigenvalue weighted by Crippen LogP contribution is 2.15. The molecule has 0 spiro atoms. The van der Waals surface area contributed by atoms with E-state index in [1.54, 1.807) is 31.3 Å². The molecule has 0 aromatic heterocycles. The number of rotatable bonds is 4. The summed E-state index contributed by atoms with van der Waals surface area (Å²) in [6.45, 7) is 1.83. The highest BCUT2D eigenvalue weighted by molar-refractivity contribution is 6.04. The Balaban J connectivity index is 2.91. The van der Waals surface area contributed by atoms with Gasteiger partial charge in [-0.3, -0.25) is 9.59 Å². The zero-order valence-electron chi connectivity index (χ0n) is 9.99. The second kappa shape index (κ2) is 6.00. The number of amides is 2. The lowest BCUT2D eigenvalue weighted by Crippen LogP contribution is -2.35. The van der Waals surface area contributed by atoms with Crippen molar-refractivity contribution in [1.29, 1.82) is 0 Å². The summed E-state index contributed by atoms with van der Waals surface area (Å²) < 4.78 is 0. The molecule has 1 aromatic rings. The van der Waals surface area contributed by atoms with Gasteiger partial charge in [0.15, 0.2) is 0 Å². The van der Waals surface area contributed by atoms with Crippen LogP contribution in [0.15, 0.2) is 24.3 Å². The molecule has 1 rings (SSSR count). The molecule has 0 unspecified atom stereocenters. The summed E-state index contributed by atoms with van der Waals surface area (Å²) in [5.74, 6) is -0.533. The lowest BCUT2D eigenvalue weighted by atomic mass is 10.1. The number of hydrogen-bond donors (Lipinski definition) is 3. The fourth-order valence-electron chi connectivity index (χ4n) is 1.34. The van der Waals surface area contributed by atoms with Crippen LogP contribution in [0.3, 0.4) is 0 Å². The Bertz CT molecular complexity index is 418. The first-order chi connectivity index (χ1) is 8.10. The zero-order chi connectivity index (χ0) is 12.8. The molecule has 0 saturated carbocycles. The Hall–Kier alpha value is -1.88. The molecule has 1 atom stereocenters. The van der Waals surface area contributed by atoms with Crippen molar-refractivity contribution in [2.75, 3.05) is 12.4 Å². The molecule has 0 bridgehead atoms. The SMILES string of the molecule is CC[C@@H](N)C(=O)Nc1ccccc1C(=O)NC. The summed E-state index contributed by atoms with van der Waals surface area (Å²) in [7, 11) is 1.54. The molecule has 5 heteroatoms. The highest BCUT2D eigenvalue weighted by Gasteiger charge is 2.15. The van der Waals surface area contributed by atoms with Crippen LogP contribution in [0.25, 0.3) is 0 Å². The molecular weight excluding hydrogens is 218 g/mol. The second-order valence-electron chi connectivity index (χ2n) is 3.63. The monoisotopic (exact) mass is 235 g/mol. The van der Waals surface area contributed by atoms with Crippen molar-refractivity contribution in [2.24, 2.45) is 5.73 Å². The van der Waals surface area contributed by atoms with Gasteiger partial charge in [-0.05, 0) is 18.6 Å². The van der Waals surface area contributed by atoms with Gasteiger partial charge >= 0.3 is 0 Å². The van der Waals surface area contributed by atoms with E-state index in [1.807, 2.05) is 6.92 Å². The largest absolute Gasteiger partial charge is 0.355 e. The molecule has 17 heavy (non-hydrogen) atoms. The molecule has 0 fully saturated rings. The normalized spacial score (nSPS) is 11.7. The van der Waals surface area contributed by atoms with Crippen LogP contribution in [0.5, 0.6) is 0 Å². The van der Waals surface area contributed by atoms with Gasteiger partial charge in [-0.1, -0.05) is 19.1 Å². The predicted molar refractivity (Wildman–Crippen MR) is 66.7 cm³/mol. The van der Waals surface area contributed by atoms with Gasteiger partial charge in [-0.25, -0.2) is 0 Å². The number of nitrogens with one attached hydrogen (secondary N) is 2. The number of nitrogens with two attached hydrogens (primary N) is 1. The Morgan fingerprint density at radius 3 is 2.59 bits per heavy atom. The lowest BCUT2D eigenvalue weighted by Gasteiger charge is -2.12. The van der Waals surface area contributed by atoms with Crippen LogP contribution in [0, 0.1) is 0 Å². The molecule has 0 heterocycles. The summed E-state index contributed by atoms with van der Waals surface area (Å²) >= 11 is 0. The van der Waals surface area contributed by atoms with Gasteiger partial charge in [0, 0.05) is 7.05 Å². The van der Waals surface area contributed by atoms with E-state index in [9.17, 15) is 9.59 Å². The van der Waals surface area contributed by atoms with E-state index in [0.29, 0.717) is 17.7 Å². The average Bonchev–Trinajstić information content (AvgIpc) is 2.37. The first-order valence-corrected chi connectivity index (χ1v) is 5.47. The van der Waals surface area contributed by atoms with Crippen molar-refractivity contribution >= 4 is 17.5 Å². The number of para-hydroxylation sites is 1. The molecule has 92 valence electrons. The van der Waals surface area contributed by atoms with Gasteiger partial charge in [0.25, 0.3) is 5.91 Å². The molecule has 0 aliphatic carbocycles. The van der Waals surface area contributed by atoms with Crippen LogP contribution < -0.4 is 16.4 Å². The van der Waals surface area contributed by atoms with E-state index in [0.717, 1.165) is 0 Å². The highest BCUT2D eigenvalue weighted by atomic mass is 16.2.